The Morgan fingerprint density at radius 1 is 1.48 bits per heavy atom. The van der Waals surface area contributed by atoms with Gasteiger partial charge in [-0.2, -0.15) is 5.10 Å². The fraction of sp³-hybridized carbons (Fsp3) is 0.643. The van der Waals surface area contributed by atoms with Crippen molar-refractivity contribution < 1.29 is 9.53 Å². The Morgan fingerprint density at radius 3 is 2.76 bits per heavy atom. The molecule has 0 saturated heterocycles. The molecule has 21 heavy (non-hydrogen) atoms. The molecule has 0 radical (unpaired) electrons. The van der Waals surface area contributed by atoms with Gasteiger partial charge in [-0.25, -0.2) is 4.98 Å². The Bertz CT molecular complexity index is 645. The van der Waals surface area contributed by atoms with Gasteiger partial charge in [0.05, 0.1) is 24.6 Å². The molecule has 2 heterocycles. The van der Waals surface area contributed by atoms with E-state index in [1.165, 1.54) is 7.11 Å². The van der Waals surface area contributed by atoms with E-state index in [1.807, 2.05) is 23.2 Å². The molecule has 1 unspecified atom stereocenters. The van der Waals surface area contributed by atoms with E-state index in [9.17, 15) is 4.79 Å². The van der Waals surface area contributed by atoms with E-state index in [0.717, 1.165) is 35.5 Å². The first kappa shape index (κ1) is 15.8. The minimum Gasteiger partial charge on any atom is -0.469 e. The highest BCUT2D eigenvalue weighted by atomic mass is 35.5. The lowest BCUT2D eigenvalue weighted by Gasteiger charge is -2.10. The topological polar surface area (TPSA) is 61.9 Å². The van der Waals surface area contributed by atoms with E-state index in [0.29, 0.717) is 6.54 Å². The summed E-state index contributed by atoms with van der Waals surface area (Å²) in [6, 6.07) is 0. The second-order valence-corrected chi connectivity index (χ2v) is 5.71. The second kappa shape index (κ2) is 6.47. The first-order valence-electron chi connectivity index (χ1n) is 7.12. The lowest BCUT2D eigenvalue weighted by Crippen LogP contribution is -2.12. The lowest BCUT2D eigenvalue weighted by atomic mass is 10.2. The van der Waals surface area contributed by atoms with Crippen molar-refractivity contribution >= 4 is 28.7 Å². The van der Waals surface area contributed by atoms with Crippen molar-refractivity contribution in [1.82, 2.24) is 19.3 Å². The van der Waals surface area contributed by atoms with Gasteiger partial charge in [0.2, 0.25) is 0 Å². The molecule has 0 aromatic carbocycles. The zero-order valence-corrected chi connectivity index (χ0v) is 13.6. The Balaban J connectivity index is 2.49. The maximum Gasteiger partial charge on any atom is 0.307 e. The van der Waals surface area contributed by atoms with Gasteiger partial charge in [-0.05, 0) is 13.3 Å². The van der Waals surface area contributed by atoms with E-state index in [-0.39, 0.29) is 17.8 Å². The quantitative estimate of drug-likeness (QED) is 0.607. The predicted molar refractivity (Wildman–Crippen MR) is 81.4 cm³/mol. The van der Waals surface area contributed by atoms with E-state index in [2.05, 4.69) is 17.0 Å². The van der Waals surface area contributed by atoms with Crippen molar-refractivity contribution in [3.8, 4) is 0 Å². The average molecular weight is 313 g/mol. The smallest absolute Gasteiger partial charge is 0.307 e. The molecule has 0 fully saturated rings. The van der Waals surface area contributed by atoms with Crippen LogP contribution in [0.5, 0.6) is 0 Å². The van der Waals surface area contributed by atoms with Crippen LogP contribution in [0.15, 0.2) is 0 Å². The van der Waals surface area contributed by atoms with E-state index < -0.39 is 0 Å². The molecule has 0 N–H and O–H groups in total. The van der Waals surface area contributed by atoms with Crippen molar-refractivity contribution in [2.45, 2.75) is 45.0 Å². The van der Waals surface area contributed by atoms with Crippen LogP contribution in [0.4, 0.5) is 0 Å². The summed E-state index contributed by atoms with van der Waals surface area (Å²) < 4.78 is 8.49. The molecule has 2 rings (SSSR count). The molecule has 6 nitrogen and oxygen atoms in total. The van der Waals surface area contributed by atoms with Crippen LogP contribution in [0.25, 0.3) is 11.2 Å². The molecule has 0 aliphatic carbocycles. The van der Waals surface area contributed by atoms with Crippen LogP contribution in [-0.4, -0.2) is 32.4 Å². The van der Waals surface area contributed by atoms with Gasteiger partial charge in [0, 0.05) is 13.6 Å². The Labute approximate surface area is 129 Å². The Morgan fingerprint density at radius 2 is 2.19 bits per heavy atom. The molecule has 1 atom stereocenters. The molecule has 0 spiro atoms. The Hall–Kier alpha value is -1.56. The molecule has 2 aromatic heterocycles. The minimum atomic E-state index is -0.249. The second-order valence-electron chi connectivity index (χ2n) is 5.06. The lowest BCUT2D eigenvalue weighted by molar-refractivity contribution is -0.140. The van der Waals surface area contributed by atoms with Crippen molar-refractivity contribution in [3.05, 3.63) is 11.5 Å². The number of fused-ring (bicyclic) bond motifs is 1. The molecular weight excluding hydrogens is 292 g/mol. The average Bonchev–Trinajstić information content (AvgIpc) is 2.96. The normalized spacial score (nSPS) is 12.8. The highest BCUT2D eigenvalue weighted by Gasteiger charge is 2.21. The number of nitrogens with zero attached hydrogens (tertiary/aromatic N) is 4. The van der Waals surface area contributed by atoms with Crippen LogP contribution in [-0.2, 0) is 29.5 Å². The van der Waals surface area contributed by atoms with Gasteiger partial charge in [-0.15, -0.1) is 11.6 Å². The van der Waals surface area contributed by atoms with Gasteiger partial charge in [-0.1, -0.05) is 13.3 Å². The first-order valence-corrected chi connectivity index (χ1v) is 7.56. The Kier molecular flexibility index (Phi) is 4.88. The standard InChI is InChI=1S/C14H21ClN4O2/c1-5-6-10-12-14(18(3)17-10)19(8-7-11(20)21-4)13(16-12)9(2)15/h9H,5-8H2,1-4H3. The summed E-state index contributed by atoms with van der Waals surface area (Å²) in [6.45, 7) is 4.48. The van der Waals surface area contributed by atoms with Crippen molar-refractivity contribution in [1.29, 1.82) is 0 Å². The van der Waals surface area contributed by atoms with Gasteiger partial charge in [0.25, 0.3) is 0 Å². The highest BCUT2D eigenvalue weighted by molar-refractivity contribution is 6.20. The number of aromatic nitrogens is 4. The first-order chi connectivity index (χ1) is 9.99. The number of halogens is 1. The van der Waals surface area contributed by atoms with Crippen LogP contribution < -0.4 is 0 Å². The third-order valence-corrected chi connectivity index (χ3v) is 3.63. The van der Waals surface area contributed by atoms with E-state index >= 15 is 0 Å². The molecule has 7 heteroatoms. The third-order valence-electron chi connectivity index (χ3n) is 3.43. The van der Waals surface area contributed by atoms with Crippen LogP contribution in [0, 0.1) is 0 Å². The van der Waals surface area contributed by atoms with Crippen LogP contribution in [0.3, 0.4) is 0 Å². The monoisotopic (exact) mass is 312 g/mol. The molecule has 0 aliphatic rings. The number of hydrogen-bond acceptors (Lipinski definition) is 4. The van der Waals surface area contributed by atoms with Gasteiger partial charge in [0.15, 0.2) is 5.65 Å². The van der Waals surface area contributed by atoms with Crippen molar-refractivity contribution in [2.75, 3.05) is 7.11 Å². The summed E-state index contributed by atoms with van der Waals surface area (Å²) in [5.74, 6) is 0.516. The maximum atomic E-state index is 11.4. The summed E-state index contributed by atoms with van der Waals surface area (Å²) >= 11 is 6.24. The van der Waals surface area contributed by atoms with Gasteiger partial charge in [0.1, 0.15) is 11.3 Å². The molecule has 2 aromatic rings. The van der Waals surface area contributed by atoms with E-state index in [4.69, 9.17) is 16.3 Å². The molecular formula is C14H21ClN4O2. The number of rotatable bonds is 6. The molecule has 0 amide bonds. The summed E-state index contributed by atoms with van der Waals surface area (Å²) in [5.41, 5.74) is 2.77. The number of alkyl halides is 1. The van der Waals surface area contributed by atoms with Crippen molar-refractivity contribution in [3.63, 3.8) is 0 Å². The van der Waals surface area contributed by atoms with Crippen LogP contribution >= 0.6 is 11.6 Å². The SMILES string of the molecule is CCCc1nn(C)c2c1nc(C(C)Cl)n2CCC(=O)OC. The fourth-order valence-corrected chi connectivity index (χ4v) is 2.66. The predicted octanol–water partition coefficient (Wildman–Crippen LogP) is 2.59. The zero-order valence-electron chi connectivity index (χ0n) is 12.9. The number of methoxy groups -OCH3 is 1. The summed E-state index contributed by atoms with van der Waals surface area (Å²) in [6.07, 6.45) is 2.17. The molecule has 116 valence electrons. The number of aryl methyl sites for hydroxylation is 3. The number of ether oxygens (including phenoxy) is 1. The molecule has 0 saturated carbocycles. The number of hydrogen-bond donors (Lipinski definition) is 0. The third kappa shape index (κ3) is 3.05. The molecule has 0 aliphatic heterocycles. The summed E-state index contributed by atoms with van der Waals surface area (Å²) in [4.78, 5) is 16.1. The van der Waals surface area contributed by atoms with Gasteiger partial charge < -0.3 is 9.30 Å². The minimum absolute atomic E-state index is 0.232. The highest BCUT2D eigenvalue weighted by Crippen LogP contribution is 2.27. The summed E-state index contributed by atoms with van der Waals surface area (Å²) in [5, 5.41) is 4.29. The maximum absolute atomic E-state index is 11.4. The zero-order chi connectivity index (χ0) is 15.6. The number of esters is 1. The number of carbonyl (C=O) groups excluding carboxylic acids is 1. The van der Waals surface area contributed by atoms with E-state index in [1.54, 1.807) is 0 Å². The van der Waals surface area contributed by atoms with Gasteiger partial charge in [-0.3, -0.25) is 9.48 Å². The number of imidazole rings is 1. The largest absolute Gasteiger partial charge is 0.469 e. The summed E-state index contributed by atoms with van der Waals surface area (Å²) in [7, 11) is 3.28. The van der Waals surface area contributed by atoms with Crippen molar-refractivity contribution in [2.24, 2.45) is 7.05 Å². The number of carbonyl (C=O) groups is 1. The van der Waals surface area contributed by atoms with Crippen LogP contribution in [0.2, 0.25) is 0 Å². The fourth-order valence-electron chi connectivity index (χ4n) is 2.49. The van der Waals surface area contributed by atoms with Crippen LogP contribution in [0.1, 0.15) is 43.6 Å². The molecule has 0 bridgehead atoms. The van der Waals surface area contributed by atoms with Gasteiger partial charge >= 0.3 is 5.97 Å².